The van der Waals surface area contributed by atoms with Crippen molar-refractivity contribution in [3.63, 3.8) is 0 Å². The van der Waals surface area contributed by atoms with E-state index >= 15 is 0 Å². The van der Waals surface area contributed by atoms with Gasteiger partial charge in [0.25, 0.3) is 0 Å². The van der Waals surface area contributed by atoms with Crippen LogP contribution in [0.3, 0.4) is 0 Å². The van der Waals surface area contributed by atoms with E-state index in [2.05, 4.69) is 27.7 Å². The summed E-state index contributed by atoms with van der Waals surface area (Å²) in [6.07, 6.45) is 14.7. The first kappa shape index (κ1) is 35.3. The van der Waals surface area contributed by atoms with Crippen LogP contribution in [-0.2, 0) is 19.1 Å². The third kappa shape index (κ3) is 9.73. The molecule has 1 heterocycles. The van der Waals surface area contributed by atoms with Crippen LogP contribution in [0.15, 0.2) is 47.9 Å². The van der Waals surface area contributed by atoms with Crippen molar-refractivity contribution in [2.24, 2.45) is 11.8 Å². The molecule has 4 unspecified atom stereocenters. The maximum absolute atomic E-state index is 13.5. The van der Waals surface area contributed by atoms with Gasteiger partial charge in [-0.2, -0.15) is 0 Å². The number of unbranched alkanes of at least 4 members (excludes halogenated alkanes) is 2. The Balaban J connectivity index is 1.55. The van der Waals surface area contributed by atoms with Gasteiger partial charge in [0.1, 0.15) is 17.4 Å². The maximum atomic E-state index is 13.5. The molecule has 8 nitrogen and oxygen atoms in total. The first-order valence-electron chi connectivity index (χ1n) is 17.5. The smallest absolute Gasteiger partial charge is 0.169 e. The molecule has 8 heteroatoms. The van der Waals surface area contributed by atoms with E-state index in [0.29, 0.717) is 68.2 Å². The normalized spacial score (nSPS) is 19.7. The van der Waals surface area contributed by atoms with E-state index < -0.39 is 11.8 Å². The molecule has 4 atom stereocenters. The van der Waals surface area contributed by atoms with Crippen LogP contribution in [0.4, 0.5) is 0 Å². The lowest BCUT2D eigenvalue weighted by molar-refractivity contribution is -0.117. The third-order valence-electron chi connectivity index (χ3n) is 9.39. The average molecular weight is 632 g/mol. The SMILES string of the molecule is CCCCC(CC)COC1=CC(=O)C(c2nc(-c3ccc(OC)cc3)nc(C3CCC(OCC(CC)CCCC)=CC3=O)n2)CC1. The molecular formula is C38H53N3O5. The molecule has 0 radical (unpaired) electrons. The van der Waals surface area contributed by atoms with Crippen molar-refractivity contribution in [2.45, 2.75) is 117 Å². The van der Waals surface area contributed by atoms with Crippen LogP contribution in [0.1, 0.15) is 128 Å². The molecule has 0 N–H and O–H groups in total. The van der Waals surface area contributed by atoms with Crippen molar-refractivity contribution >= 4 is 11.6 Å². The minimum absolute atomic E-state index is 0.0696. The molecule has 0 aliphatic heterocycles. The fraction of sp³-hybridized carbons (Fsp3) is 0.605. The Kier molecular flexibility index (Phi) is 13.8. The summed E-state index contributed by atoms with van der Waals surface area (Å²) in [5, 5.41) is 0. The molecule has 2 aromatic rings. The molecule has 2 aliphatic rings. The standard InChI is InChI=1S/C38H53N3O5/c1-6-10-12-26(8-3)24-45-30-18-20-32(34(42)22-30)37-39-36(28-14-16-29(44-5)17-15-28)40-38(41-37)33-21-19-31(23-35(33)43)46-25-27(9-4)13-11-7-2/h14-17,22-23,26-27,32-33H,6-13,18-21,24-25H2,1-5H3. The van der Waals surface area contributed by atoms with E-state index in [1.165, 1.54) is 25.7 Å². The van der Waals surface area contributed by atoms with Crippen LogP contribution in [0, 0.1) is 11.8 Å². The first-order chi connectivity index (χ1) is 22.4. The Morgan fingerprint density at radius 2 is 1.20 bits per heavy atom. The zero-order chi connectivity index (χ0) is 32.9. The highest BCUT2D eigenvalue weighted by Gasteiger charge is 2.32. The summed E-state index contributed by atoms with van der Waals surface area (Å²) in [5.41, 5.74) is 0.770. The highest BCUT2D eigenvalue weighted by Crippen LogP contribution is 2.34. The van der Waals surface area contributed by atoms with Gasteiger partial charge in [-0.3, -0.25) is 9.59 Å². The molecule has 1 aromatic carbocycles. The topological polar surface area (TPSA) is 101 Å². The highest BCUT2D eigenvalue weighted by molar-refractivity contribution is 5.97. The van der Waals surface area contributed by atoms with Gasteiger partial charge in [-0.05, 0) is 61.8 Å². The predicted octanol–water partition coefficient (Wildman–Crippen LogP) is 8.67. The molecule has 4 rings (SSSR count). The number of ether oxygens (including phenoxy) is 3. The van der Waals surface area contributed by atoms with Gasteiger partial charge in [-0.1, -0.05) is 66.2 Å². The van der Waals surface area contributed by atoms with E-state index in [4.69, 9.17) is 29.2 Å². The zero-order valence-electron chi connectivity index (χ0n) is 28.6. The third-order valence-corrected chi connectivity index (χ3v) is 9.39. The summed E-state index contributed by atoms with van der Waals surface area (Å²) < 4.78 is 17.6. The lowest BCUT2D eigenvalue weighted by Crippen LogP contribution is -2.24. The van der Waals surface area contributed by atoms with Crippen molar-refractivity contribution in [2.75, 3.05) is 20.3 Å². The van der Waals surface area contributed by atoms with Gasteiger partial charge < -0.3 is 14.2 Å². The number of hydrogen-bond donors (Lipinski definition) is 0. The average Bonchev–Trinajstić information content (AvgIpc) is 3.08. The molecule has 0 saturated heterocycles. The Hall–Kier alpha value is -3.55. The van der Waals surface area contributed by atoms with Crippen LogP contribution in [0.5, 0.6) is 5.75 Å². The van der Waals surface area contributed by atoms with Crippen LogP contribution in [0.2, 0.25) is 0 Å². The van der Waals surface area contributed by atoms with Crippen molar-refractivity contribution < 1.29 is 23.8 Å². The van der Waals surface area contributed by atoms with E-state index in [-0.39, 0.29) is 11.6 Å². The zero-order valence-corrected chi connectivity index (χ0v) is 28.6. The van der Waals surface area contributed by atoms with Crippen molar-refractivity contribution in [3.8, 4) is 17.1 Å². The van der Waals surface area contributed by atoms with Crippen LogP contribution < -0.4 is 4.74 Å². The van der Waals surface area contributed by atoms with Gasteiger partial charge in [-0.15, -0.1) is 0 Å². The second-order valence-electron chi connectivity index (χ2n) is 12.8. The molecule has 0 fully saturated rings. The van der Waals surface area contributed by atoms with E-state index in [1.807, 2.05) is 24.3 Å². The predicted molar refractivity (Wildman–Crippen MR) is 180 cm³/mol. The number of rotatable bonds is 18. The molecule has 46 heavy (non-hydrogen) atoms. The molecule has 250 valence electrons. The fourth-order valence-corrected chi connectivity index (χ4v) is 6.10. The second-order valence-corrected chi connectivity index (χ2v) is 12.8. The summed E-state index contributed by atoms with van der Waals surface area (Å²) in [6.45, 7) is 10.1. The van der Waals surface area contributed by atoms with Gasteiger partial charge in [0.15, 0.2) is 17.4 Å². The van der Waals surface area contributed by atoms with Gasteiger partial charge in [-0.25, -0.2) is 15.0 Å². The van der Waals surface area contributed by atoms with Crippen LogP contribution in [-0.4, -0.2) is 46.8 Å². The van der Waals surface area contributed by atoms with Gasteiger partial charge in [0.05, 0.1) is 43.7 Å². The van der Waals surface area contributed by atoms with Crippen LogP contribution >= 0.6 is 0 Å². The molecule has 0 saturated carbocycles. The van der Waals surface area contributed by atoms with Gasteiger partial charge in [0.2, 0.25) is 0 Å². The monoisotopic (exact) mass is 631 g/mol. The Bertz CT molecular complexity index is 1280. The summed E-state index contributed by atoms with van der Waals surface area (Å²) >= 11 is 0. The molecule has 1 aromatic heterocycles. The fourth-order valence-electron chi connectivity index (χ4n) is 6.10. The summed E-state index contributed by atoms with van der Waals surface area (Å²) in [6, 6.07) is 7.47. The maximum Gasteiger partial charge on any atom is 0.169 e. The largest absolute Gasteiger partial charge is 0.498 e. The summed E-state index contributed by atoms with van der Waals surface area (Å²) in [5.74, 6) is 3.27. The number of methoxy groups -OCH3 is 1. The molecular weight excluding hydrogens is 578 g/mol. The van der Waals surface area contributed by atoms with Crippen LogP contribution in [0.25, 0.3) is 11.4 Å². The Labute approximate surface area is 275 Å². The summed E-state index contributed by atoms with van der Waals surface area (Å²) in [4.78, 5) is 41.3. The number of hydrogen-bond acceptors (Lipinski definition) is 8. The minimum atomic E-state index is -0.518. The quantitative estimate of drug-likeness (QED) is 0.161. The van der Waals surface area contributed by atoms with Crippen molar-refractivity contribution in [3.05, 3.63) is 59.6 Å². The van der Waals surface area contributed by atoms with E-state index in [1.54, 1.807) is 19.3 Å². The number of carbonyl (C=O) groups excluding carboxylic acids is 2. The lowest BCUT2D eigenvalue weighted by atomic mass is 9.89. The van der Waals surface area contributed by atoms with Gasteiger partial charge in [0, 0.05) is 30.6 Å². The number of ketones is 2. The minimum Gasteiger partial charge on any atom is -0.498 e. The Morgan fingerprint density at radius 3 is 1.59 bits per heavy atom. The number of carbonyl (C=O) groups is 2. The molecule has 0 bridgehead atoms. The lowest BCUT2D eigenvalue weighted by Gasteiger charge is -2.24. The Morgan fingerprint density at radius 1 is 0.717 bits per heavy atom. The molecule has 2 aliphatic carbocycles. The van der Waals surface area contributed by atoms with Gasteiger partial charge >= 0.3 is 0 Å². The van der Waals surface area contributed by atoms with E-state index in [0.717, 1.165) is 48.5 Å². The molecule has 0 amide bonds. The first-order valence-corrected chi connectivity index (χ1v) is 17.5. The highest BCUT2D eigenvalue weighted by atomic mass is 16.5. The number of benzene rings is 1. The van der Waals surface area contributed by atoms with E-state index in [9.17, 15) is 9.59 Å². The van der Waals surface area contributed by atoms with Crippen molar-refractivity contribution in [1.82, 2.24) is 15.0 Å². The molecule has 0 spiro atoms. The second kappa shape index (κ2) is 18.0. The number of nitrogens with zero attached hydrogens (tertiary/aromatic N) is 3. The van der Waals surface area contributed by atoms with Crippen molar-refractivity contribution in [1.29, 1.82) is 0 Å². The number of aromatic nitrogens is 3. The summed E-state index contributed by atoms with van der Waals surface area (Å²) in [7, 11) is 1.62. The number of allylic oxidation sites excluding steroid dienone is 4.